The van der Waals surface area contributed by atoms with Gasteiger partial charge < -0.3 is 15.7 Å². The number of hydrogen-bond acceptors (Lipinski definition) is 4. The molecule has 1 atom stereocenters. The monoisotopic (exact) mass is 300 g/mol. The molecule has 6 nitrogen and oxygen atoms in total. The molecule has 2 aliphatic rings. The van der Waals surface area contributed by atoms with E-state index in [1.165, 1.54) is 0 Å². The van der Waals surface area contributed by atoms with Crippen LogP contribution in [0.3, 0.4) is 0 Å². The minimum absolute atomic E-state index is 0.0691. The second-order valence-electron chi connectivity index (χ2n) is 5.41. The Labute approximate surface area is 122 Å². The van der Waals surface area contributed by atoms with Crippen LogP contribution in [0.15, 0.2) is 0 Å². The zero-order chi connectivity index (χ0) is 14.6. The summed E-state index contributed by atoms with van der Waals surface area (Å²) in [5.41, 5.74) is -1.10. The zero-order valence-corrected chi connectivity index (χ0v) is 12.1. The highest BCUT2D eigenvalue weighted by molar-refractivity contribution is 7.99. The maximum absolute atomic E-state index is 11.8. The third-order valence-corrected chi connectivity index (χ3v) is 4.83. The SMILES string of the molecule is O=C(CCCNC(=O)C1CC1)NC1(C(=O)O)CCSC1. The van der Waals surface area contributed by atoms with Crippen LogP contribution in [0, 0.1) is 5.92 Å². The summed E-state index contributed by atoms with van der Waals surface area (Å²) in [5.74, 6) is 0.207. The minimum Gasteiger partial charge on any atom is -0.479 e. The molecule has 0 aromatic carbocycles. The first-order chi connectivity index (χ1) is 9.53. The second kappa shape index (κ2) is 6.47. The van der Waals surface area contributed by atoms with E-state index < -0.39 is 11.5 Å². The van der Waals surface area contributed by atoms with Crippen LogP contribution in [-0.4, -0.2) is 46.5 Å². The Balaban J connectivity index is 1.66. The van der Waals surface area contributed by atoms with Crippen molar-refractivity contribution in [2.45, 2.75) is 37.6 Å². The average Bonchev–Trinajstić information content (AvgIpc) is 3.15. The first-order valence-corrected chi connectivity index (χ1v) is 8.09. The lowest BCUT2D eigenvalue weighted by molar-refractivity contribution is -0.146. The molecule has 1 aliphatic carbocycles. The fraction of sp³-hybridized carbons (Fsp3) is 0.769. The van der Waals surface area contributed by atoms with Crippen LogP contribution < -0.4 is 10.6 Å². The summed E-state index contributed by atoms with van der Waals surface area (Å²) in [4.78, 5) is 34.5. The van der Waals surface area contributed by atoms with E-state index in [0.717, 1.165) is 18.6 Å². The summed E-state index contributed by atoms with van der Waals surface area (Å²) in [5, 5.41) is 14.7. The van der Waals surface area contributed by atoms with Gasteiger partial charge in [0.1, 0.15) is 5.54 Å². The lowest BCUT2D eigenvalue weighted by Crippen LogP contribution is -2.54. The molecule has 2 amide bonds. The molecule has 1 heterocycles. The van der Waals surface area contributed by atoms with Crippen molar-refractivity contribution in [2.24, 2.45) is 5.92 Å². The lowest BCUT2D eigenvalue weighted by Gasteiger charge is -2.24. The van der Waals surface area contributed by atoms with Gasteiger partial charge in [-0.2, -0.15) is 11.8 Å². The largest absolute Gasteiger partial charge is 0.479 e. The van der Waals surface area contributed by atoms with Gasteiger partial charge in [-0.25, -0.2) is 4.79 Å². The van der Waals surface area contributed by atoms with Gasteiger partial charge in [-0.15, -0.1) is 0 Å². The highest BCUT2D eigenvalue weighted by Crippen LogP contribution is 2.29. The third-order valence-electron chi connectivity index (χ3n) is 3.64. The average molecular weight is 300 g/mol. The Hall–Kier alpha value is -1.24. The molecule has 1 aliphatic heterocycles. The van der Waals surface area contributed by atoms with Crippen LogP contribution in [0.1, 0.15) is 32.1 Å². The van der Waals surface area contributed by atoms with Crippen LogP contribution in [0.2, 0.25) is 0 Å². The number of aliphatic carboxylic acids is 1. The molecule has 1 unspecified atom stereocenters. The summed E-state index contributed by atoms with van der Waals surface area (Å²) in [6.45, 7) is 0.470. The van der Waals surface area contributed by atoms with Crippen LogP contribution in [0.4, 0.5) is 0 Å². The summed E-state index contributed by atoms with van der Waals surface area (Å²) in [6.07, 6.45) is 3.17. The van der Waals surface area contributed by atoms with Gasteiger partial charge in [0.25, 0.3) is 0 Å². The quantitative estimate of drug-likeness (QED) is 0.590. The predicted molar refractivity (Wildman–Crippen MR) is 75.4 cm³/mol. The van der Waals surface area contributed by atoms with Gasteiger partial charge >= 0.3 is 5.97 Å². The molecule has 0 radical (unpaired) electrons. The molecule has 2 rings (SSSR count). The van der Waals surface area contributed by atoms with Crippen LogP contribution in [0.25, 0.3) is 0 Å². The molecule has 2 fully saturated rings. The molecule has 0 spiro atoms. The van der Waals surface area contributed by atoms with Crippen molar-refractivity contribution in [1.29, 1.82) is 0 Å². The number of rotatable bonds is 7. The van der Waals surface area contributed by atoms with Gasteiger partial charge in [-0.05, 0) is 31.4 Å². The van der Waals surface area contributed by atoms with Gasteiger partial charge in [0.2, 0.25) is 11.8 Å². The Morgan fingerprint density at radius 1 is 1.30 bits per heavy atom. The Morgan fingerprint density at radius 2 is 2.05 bits per heavy atom. The molecule has 1 saturated carbocycles. The first-order valence-electron chi connectivity index (χ1n) is 6.93. The van der Waals surface area contributed by atoms with Gasteiger partial charge in [0, 0.05) is 24.6 Å². The van der Waals surface area contributed by atoms with E-state index in [1.807, 2.05) is 0 Å². The fourth-order valence-electron chi connectivity index (χ4n) is 2.17. The normalized spacial score (nSPS) is 25.2. The first kappa shape index (κ1) is 15.2. The standard InChI is InChI=1S/C13H20N2O4S/c16-10(2-1-6-14-11(17)9-3-4-9)15-13(12(18)19)5-7-20-8-13/h9H,1-8H2,(H,14,17)(H,15,16)(H,18,19). The van der Waals surface area contributed by atoms with Crippen molar-refractivity contribution in [2.75, 3.05) is 18.1 Å². The van der Waals surface area contributed by atoms with Gasteiger partial charge in [0.05, 0.1) is 0 Å². The molecule has 3 N–H and O–H groups in total. The third kappa shape index (κ3) is 3.88. The molecule has 112 valence electrons. The number of carboxylic acids is 1. The highest BCUT2D eigenvalue weighted by Gasteiger charge is 2.43. The number of amides is 2. The van der Waals surface area contributed by atoms with E-state index in [-0.39, 0.29) is 24.2 Å². The smallest absolute Gasteiger partial charge is 0.330 e. The fourth-order valence-corrected chi connectivity index (χ4v) is 3.49. The maximum atomic E-state index is 11.8. The molecular formula is C13H20N2O4S. The molecule has 7 heteroatoms. The summed E-state index contributed by atoms with van der Waals surface area (Å²) >= 11 is 1.54. The highest BCUT2D eigenvalue weighted by atomic mass is 32.2. The molecule has 0 aromatic heterocycles. The summed E-state index contributed by atoms with van der Waals surface area (Å²) in [7, 11) is 0. The van der Waals surface area contributed by atoms with Crippen molar-refractivity contribution in [3.63, 3.8) is 0 Å². The Kier molecular flexibility index (Phi) is 4.91. The predicted octanol–water partition coefficient (Wildman–Crippen LogP) is 0.369. The summed E-state index contributed by atoms with van der Waals surface area (Å²) < 4.78 is 0. The molecule has 20 heavy (non-hydrogen) atoms. The van der Waals surface area contributed by atoms with E-state index in [0.29, 0.717) is 25.1 Å². The van der Waals surface area contributed by atoms with Crippen LogP contribution in [0.5, 0.6) is 0 Å². The van der Waals surface area contributed by atoms with Gasteiger partial charge in [-0.1, -0.05) is 0 Å². The van der Waals surface area contributed by atoms with Crippen molar-refractivity contribution in [3.8, 4) is 0 Å². The number of carbonyl (C=O) groups excluding carboxylic acids is 2. The van der Waals surface area contributed by atoms with E-state index >= 15 is 0 Å². The summed E-state index contributed by atoms with van der Waals surface area (Å²) in [6, 6.07) is 0. The molecule has 1 saturated heterocycles. The van der Waals surface area contributed by atoms with Crippen LogP contribution in [-0.2, 0) is 14.4 Å². The zero-order valence-electron chi connectivity index (χ0n) is 11.3. The number of thioether (sulfide) groups is 1. The van der Waals surface area contributed by atoms with E-state index in [9.17, 15) is 19.5 Å². The van der Waals surface area contributed by atoms with Crippen molar-refractivity contribution in [3.05, 3.63) is 0 Å². The Morgan fingerprint density at radius 3 is 2.60 bits per heavy atom. The second-order valence-corrected chi connectivity index (χ2v) is 6.51. The molecular weight excluding hydrogens is 280 g/mol. The maximum Gasteiger partial charge on any atom is 0.330 e. The number of carbonyl (C=O) groups is 3. The molecule has 0 aromatic rings. The lowest BCUT2D eigenvalue weighted by atomic mass is 9.99. The number of hydrogen-bond donors (Lipinski definition) is 3. The topological polar surface area (TPSA) is 95.5 Å². The number of carboxylic acid groups (broad SMARTS) is 1. The van der Waals surface area contributed by atoms with E-state index in [2.05, 4.69) is 10.6 Å². The van der Waals surface area contributed by atoms with Gasteiger partial charge in [-0.3, -0.25) is 9.59 Å². The number of nitrogens with one attached hydrogen (secondary N) is 2. The van der Waals surface area contributed by atoms with Crippen molar-refractivity contribution in [1.82, 2.24) is 10.6 Å². The van der Waals surface area contributed by atoms with Crippen molar-refractivity contribution >= 4 is 29.5 Å². The van der Waals surface area contributed by atoms with E-state index in [1.54, 1.807) is 11.8 Å². The minimum atomic E-state index is -1.10. The van der Waals surface area contributed by atoms with Crippen molar-refractivity contribution < 1.29 is 19.5 Å². The molecule has 0 bridgehead atoms. The Bertz CT molecular complexity index is 403. The van der Waals surface area contributed by atoms with Crippen LogP contribution >= 0.6 is 11.8 Å². The van der Waals surface area contributed by atoms with Gasteiger partial charge in [0.15, 0.2) is 0 Å². The van der Waals surface area contributed by atoms with E-state index in [4.69, 9.17) is 0 Å².